The summed E-state index contributed by atoms with van der Waals surface area (Å²) >= 11 is 0. The van der Waals surface area contributed by atoms with Crippen LogP contribution in [0.15, 0.2) is 46.9 Å². The predicted octanol–water partition coefficient (Wildman–Crippen LogP) is 3.40. The Kier molecular flexibility index (Phi) is 4.39. The normalized spacial score (nSPS) is 12.1. The Labute approximate surface area is 113 Å². The van der Waals surface area contributed by atoms with Gasteiger partial charge in [0.15, 0.2) is 0 Å². The third kappa shape index (κ3) is 3.98. The molecule has 0 spiro atoms. The molecule has 2 rings (SSSR count). The minimum absolute atomic E-state index is 0.0343. The van der Waals surface area contributed by atoms with Crippen LogP contribution in [0.3, 0.4) is 0 Å². The third-order valence-corrected chi connectivity index (χ3v) is 3.07. The van der Waals surface area contributed by atoms with Crippen LogP contribution in [-0.2, 0) is 11.2 Å². The van der Waals surface area contributed by atoms with E-state index < -0.39 is 0 Å². The summed E-state index contributed by atoms with van der Waals surface area (Å²) in [5.74, 6) is 1.79. The SMILES string of the molecule is Cc1ccc(CCC(=O)NC(C)c2ccccc2)o1. The van der Waals surface area contributed by atoms with Gasteiger partial charge in [0.1, 0.15) is 11.5 Å². The van der Waals surface area contributed by atoms with E-state index in [1.807, 2.05) is 56.3 Å². The van der Waals surface area contributed by atoms with Crippen LogP contribution >= 0.6 is 0 Å². The number of aryl methyl sites for hydroxylation is 2. The molecule has 3 heteroatoms. The molecular weight excluding hydrogens is 238 g/mol. The van der Waals surface area contributed by atoms with E-state index in [9.17, 15) is 4.79 Å². The summed E-state index contributed by atoms with van der Waals surface area (Å²) in [4.78, 5) is 11.9. The Balaban J connectivity index is 1.81. The van der Waals surface area contributed by atoms with Gasteiger partial charge in [-0.2, -0.15) is 0 Å². The fraction of sp³-hybridized carbons (Fsp3) is 0.312. The summed E-state index contributed by atoms with van der Waals surface area (Å²) in [6, 6.07) is 13.8. The number of rotatable bonds is 5. The second-order valence-corrected chi connectivity index (χ2v) is 4.71. The summed E-state index contributed by atoms with van der Waals surface area (Å²) in [7, 11) is 0. The summed E-state index contributed by atoms with van der Waals surface area (Å²) < 4.78 is 5.44. The van der Waals surface area contributed by atoms with Crippen molar-refractivity contribution < 1.29 is 9.21 Å². The molecule has 2 aromatic rings. The molecule has 1 heterocycles. The van der Waals surface area contributed by atoms with Crippen LogP contribution in [0.25, 0.3) is 0 Å². The molecule has 1 amide bonds. The Morgan fingerprint density at radius 1 is 1.21 bits per heavy atom. The number of benzene rings is 1. The first-order valence-corrected chi connectivity index (χ1v) is 6.55. The number of amides is 1. The summed E-state index contributed by atoms with van der Waals surface area (Å²) in [6.45, 7) is 3.89. The molecular formula is C16H19NO2. The molecule has 0 bridgehead atoms. The lowest BCUT2D eigenvalue weighted by Crippen LogP contribution is -2.26. The van der Waals surface area contributed by atoms with Crippen molar-refractivity contribution in [2.75, 3.05) is 0 Å². The fourth-order valence-electron chi connectivity index (χ4n) is 1.99. The molecule has 0 aliphatic heterocycles. The van der Waals surface area contributed by atoms with E-state index in [0.29, 0.717) is 12.8 Å². The van der Waals surface area contributed by atoms with E-state index in [1.54, 1.807) is 0 Å². The second-order valence-electron chi connectivity index (χ2n) is 4.71. The van der Waals surface area contributed by atoms with E-state index in [-0.39, 0.29) is 11.9 Å². The Bertz CT molecular complexity index is 531. The number of nitrogens with one attached hydrogen (secondary N) is 1. The van der Waals surface area contributed by atoms with Crippen molar-refractivity contribution in [2.24, 2.45) is 0 Å². The highest BCUT2D eigenvalue weighted by molar-refractivity contribution is 5.76. The molecule has 0 saturated carbocycles. The molecule has 3 nitrogen and oxygen atoms in total. The molecule has 0 saturated heterocycles. The number of furan rings is 1. The molecule has 1 aromatic carbocycles. The van der Waals surface area contributed by atoms with Gasteiger partial charge in [-0.15, -0.1) is 0 Å². The molecule has 0 aliphatic rings. The van der Waals surface area contributed by atoms with Crippen molar-refractivity contribution in [1.29, 1.82) is 0 Å². The number of carbonyl (C=O) groups is 1. The molecule has 19 heavy (non-hydrogen) atoms. The van der Waals surface area contributed by atoms with Gasteiger partial charge >= 0.3 is 0 Å². The summed E-state index contributed by atoms with van der Waals surface area (Å²) in [6.07, 6.45) is 1.09. The van der Waals surface area contributed by atoms with Gasteiger partial charge in [-0.25, -0.2) is 0 Å². The van der Waals surface area contributed by atoms with Crippen molar-refractivity contribution in [3.63, 3.8) is 0 Å². The van der Waals surface area contributed by atoms with Crippen LogP contribution in [0.2, 0.25) is 0 Å². The molecule has 1 atom stereocenters. The number of hydrogen-bond acceptors (Lipinski definition) is 2. The highest BCUT2D eigenvalue weighted by Crippen LogP contribution is 2.12. The van der Waals surface area contributed by atoms with E-state index in [0.717, 1.165) is 17.1 Å². The van der Waals surface area contributed by atoms with Gasteiger partial charge in [0, 0.05) is 12.8 Å². The van der Waals surface area contributed by atoms with Crippen molar-refractivity contribution in [1.82, 2.24) is 5.32 Å². The molecule has 1 unspecified atom stereocenters. The van der Waals surface area contributed by atoms with Gasteiger partial charge in [-0.3, -0.25) is 4.79 Å². The van der Waals surface area contributed by atoms with Crippen LogP contribution < -0.4 is 5.32 Å². The molecule has 0 radical (unpaired) electrons. The van der Waals surface area contributed by atoms with Gasteiger partial charge in [0.05, 0.1) is 6.04 Å². The van der Waals surface area contributed by atoms with Crippen molar-refractivity contribution in [3.05, 3.63) is 59.5 Å². The van der Waals surface area contributed by atoms with Crippen LogP contribution in [0.4, 0.5) is 0 Å². The van der Waals surface area contributed by atoms with E-state index in [1.165, 1.54) is 0 Å². The zero-order valence-electron chi connectivity index (χ0n) is 11.3. The maximum absolute atomic E-state index is 11.9. The van der Waals surface area contributed by atoms with E-state index in [4.69, 9.17) is 4.42 Å². The lowest BCUT2D eigenvalue weighted by atomic mass is 10.1. The first-order valence-electron chi connectivity index (χ1n) is 6.55. The Hall–Kier alpha value is -2.03. The van der Waals surface area contributed by atoms with Gasteiger partial charge in [0.2, 0.25) is 5.91 Å². The monoisotopic (exact) mass is 257 g/mol. The Morgan fingerprint density at radius 3 is 2.58 bits per heavy atom. The average Bonchev–Trinajstić information content (AvgIpc) is 2.83. The smallest absolute Gasteiger partial charge is 0.220 e. The van der Waals surface area contributed by atoms with Crippen LogP contribution in [0.5, 0.6) is 0 Å². The highest BCUT2D eigenvalue weighted by Gasteiger charge is 2.10. The largest absolute Gasteiger partial charge is 0.466 e. The zero-order chi connectivity index (χ0) is 13.7. The lowest BCUT2D eigenvalue weighted by molar-refractivity contribution is -0.121. The average molecular weight is 257 g/mol. The standard InChI is InChI=1S/C16H19NO2/c1-12-8-9-15(19-12)10-11-16(18)17-13(2)14-6-4-3-5-7-14/h3-9,13H,10-11H2,1-2H3,(H,17,18). The van der Waals surface area contributed by atoms with Crippen molar-refractivity contribution >= 4 is 5.91 Å². The van der Waals surface area contributed by atoms with Gasteiger partial charge < -0.3 is 9.73 Å². The van der Waals surface area contributed by atoms with E-state index in [2.05, 4.69) is 5.32 Å². The first-order chi connectivity index (χ1) is 9.15. The molecule has 1 N–H and O–H groups in total. The van der Waals surface area contributed by atoms with Crippen molar-refractivity contribution in [3.8, 4) is 0 Å². The minimum atomic E-state index is 0.0343. The minimum Gasteiger partial charge on any atom is -0.466 e. The number of hydrogen-bond donors (Lipinski definition) is 1. The second kappa shape index (κ2) is 6.23. The van der Waals surface area contributed by atoms with Gasteiger partial charge in [0.25, 0.3) is 0 Å². The van der Waals surface area contributed by atoms with Gasteiger partial charge in [-0.05, 0) is 31.5 Å². The van der Waals surface area contributed by atoms with Crippen molar-refractivity contribution in [2.45, 2.75) is 32.7 Å². The van der Waals surface area contributed by atoms with Crippen LogP contribution in [0.1, 0.15) is 36.5 Å². The molecule has 1 aromatic heterocycles. The Morgan fingerprint density at radius 2 is 1.95 bits per heavy atom. The predicted molar refractivity (Wildman–Crippen MR) is 74.8 cm³/mol. The van der Waals surface area contributed by atoms with Crippen LogP contribution in [-0.4, -0.2) is 5.91 Å². The third-order valence-electron chi connectivity index (χ3n) is 3.07. The lowest BCUT2D eigenvalue weighted by Gasteiger charge is -2.13. The molecule has 0 fully saturated rings. The number of carbonyl (C=O) groups excluding carboxylic acids is 1. The zero-order valence-corrected chi connectivity index (χ0v) is 11.3. The highest BCUT2D eigenvalue weighted by atomic mass is 16.3. The quantitative estimate of drug-likeness (QED) is 0.892. The summed E-state index contributed by atoms with van der Waals surface area (Å²) in [5.41, 5.74) is 1.12. The topological polar surface area (TPSA) is 42.2 Å². The summed E-state index contributed by atoms with van der Waals surface area (Å²) in [5, 5.41) is 2.99. The van der Waals surface area contributed by atoms with E-state index >= 15 is 0 Å². The molecule has 100 valence electrons. The maximum Gasteiger partial charge on any atom is 0.220 e. The fourth-order valence-corrected chi connectivity index (χ4v) is 1.99. The van der Waals surface area contributed by atoms with Gasteiger partial charge in [-0.1, -0.05) is 30.3 Å². The first kappa shape index (κ1) is 13.4. The molecule has 0 aliphatic carbocycles. The maximum atomic E-state index is 11.9. The van der Waals surface area contributed by atoms with Crippen LogP contribution in [0, 0.1) is 6.92 Å².